The molecule has 0 spiro atoms. The number of carbonyl (C=O) groups excluding carboxylic acids is 1. The third-order valence-electron chi connectivity index (χ3n) is 4.85. The number of aromatic nitrogens is 2. The summed E-state index contributed by atoms with van der Waals surface area (Å²) in [7, 11) is 0. The van der Waals surface area contributed by atoms with Crippen LogP contribution in [0.5, 0.6) is 0 Å². The van der Waals surface area contributed by atoms with Crippen molar-refractivity contribution in [3.63, 3.8) is 0 Å². The summed E-state index contributed by atoms with van der Waals surface area (Å²) >= 11 is 8.45. The van der Waals surface area contributed by atoms with Crippen molar-refractivity contribution in [2.24, 2.45) is 5.92 Å². The lowest BCUT2D eigenvalue weighted by Crippen LogP contribution is -2.34. The van der Waals surface area contributed by atoms with Gasteiger partial charge in [-0.25, -0.2) is 0 Å². The Labute approximate surface area is 163 Å². The van der Waals surface area contributed by atoms with E-state index in [0.29, 0.717) is 16.9 Å². The Morgan fingerprint density at radius 3 is 3.08 bits per heavy atom. The van der Waals surface area contributed by atoms with Gasteiger partial charge in [0.05, 0.1) is 10.9 Å². The average molecular weight is 406 g/mol. The fourth-order valence-corrected chi connectivity index (χ4v) is 5.89. The van der Waals surface area contributed by atoms with E-state index in [1.165, 1.54) is 16.2 Å². The second-order valence-corrected chi connectivity index (χ2v) is 9.21. The highest BCUT2D eigenvalue weighted by Gasteiger charge is 2.24. The third-order valence-corrected chi connectivity index (χ3v) is 7.38. The van der Waals surface area contributed by atoms with E-state index < -0.39 is 0 Å². The van der Waals surface area contributed by atoms with Gasteiger partial charge in [0.1, 0.15) is 4.83 Å². The normalized spacial score (nSPS) is 16.6. The van der Waals surface area contributed by atoms with E-state index in [2.05, 4.69) is 17.3 Å². The molecule has 2 N–H and O–H groups in total. The molecule has 5 nitrogen and oxygen atoms in total. The summed E-state index contributed by atoms with van der Waals surface area (Å²) in [4.78, 5) is 31.8. The Kier molecular flexibility index (Phi) is 4.58. The van der Waals surface area contributed by atoms with Crippen molar-refractivity contribution in [2.75, 3.05) is 5.43 Å². The minimum atomic E-state index is -0.286. The van der Waals surface area contributed by atoms with Crippen molar-refractivity contribution < 1.29 is 4.79 Å². The zero-order valence-electron chi connectivity index (χ0n) is 14.5. The topological polar surface area (TPSA) is 66.9 Å². The molecule has 0 unspecified atom stereocenters. The molecule has 1 aliphatic carbocycles. The summed E-state index contributed by atoms with van der Waals surface area (Å²) in [6, 6.07) is 1.87. The van der Waals surface area contributed by atoms with Crippen LogP contribution < -0.4 is 11.0 Å². The molecule has 8 heteroatoms. The molecule has 26 heavy (non-hydrogen) atoms. The second-order valence-electron chi connectivity index (χ2n) is 6.72. The lowest BCUT2D eigenvalue weighted by molar-refractivity contribution is 0.101. The fourth-order valence-electron chi connectivity index (χ4n) is 3.36. The number of thiophene rings is 2. The monoisotopic (exact) mass is 405 g/mol. The lowest BCUT2D eigenvalue weighted by Gasteiger charge is -2.19. The number of amides is 1. The van der Waals surface area contributed by atoms with E-state index in [-0.39, 0.29) is 16.2 Å². The molecule has 3 aromatic heterocycles. The molecule has 1 atom stereocenters. The number of fused-ring (bicyclic) bond motifs is 2. The van der Waals surface area contributed by atoms with Crippen molar-refractivity contribution in [2.45, 2.75) is 39.5 Å². The number of nitrogens with zero attached hydrogens (tertiary/aromatic N) is 1. The van der Waals surface area contributed by atoms with Crippen LogP contribution in [-0.4, -0.2) is 15.6 Å². The van der Waals surface area contributed by atoms with E-state index in [1.807, 2.05) is 18.4 Å². The summed E-state index contributed by atoms with van der Waals surface area (Å²) in [5.41, 5.74) is 4.20. The molecule has 0 saturated heterocycles. The van der Waals surface area contributed by atoms with Gasteiger partial charge in [-0.2, -0.15) is 4.68 Å². The Morgan fingerprint density at radius 1 is 1.50 bits per heavy atom. The Balaban J connectivity index is 1.70. The van der Waals surface area contributed by atoms with Gasteiger partial charge in [-0.05, 0) is 55.4 Å². The van der Waals surface area contributed by atoms with Crippen molar-refractivity contribution >= 4 is 51.0 Å². The number of hydrogen-bond donors (Lipinski definition) is 2. The quantitative estimate of drug-likeness (QED) is 0.640. The largest absolute Gasteiger partial charge is 0.322 e. The second kappa shape index (κ2) is 6.75. The van der Waals surface area contributed by atoms with Gasteiger partial charge in [0.25, 0.3) is 11.5 Å². The molecule has 4 rings (SSSR count). The number of hydrogen-bond acceptors (Lipinski definition) is 5. The Bertz CT molecular complexity index is 1120. The van der Waals surface area contributed by atoms with E-state index in [9.17, 15) is 9.59 Å². The molecule has 136 valence electrons. The minimum Gasteiger partial charge on any atom is -0.322 e. The predicted molar refractivity (Wildman–Crippen MR) is 110 cm³/mol. The highest BCUT2D eigenvalue weighted by Crippen LogP contribution is 2.32. The summed E-state index contributed by atoms with van der Waals surface area (Å²) in [6.45, 7) is 4.28. The van der Waals surface area contributed by atoms with Crippen molar-refractivity contribution in [3.8, 4) is 0 Å². The van der Waals surface area contributed by atoms with E-state index in [4.69, 9.17) is 12.2 Å². The zero-order chi connectivity index (χ0) is 18.4. The maximum Gasteiger partial charge on any atom is 0.282 e. The first-order chi connectivity index (χ1) is 12.5. The smallest absolute Gasteiger partial charge is 0.282 e. The number of carbonyl (C=O) groups is 1. The number of H-pyrrole nitrogens is 1. The summed E-state index contributed by atoms with van der Waals surface area (Å²) < 4.78 is 1.36. The Hall–Kier alpha value is -1.77. The van der Waals surface area contributed by atoms with Crippen LogP contribution in [0.2, 0.25) is 0 Å². The molecule has 1 amide bonds. The summed E-state index contributed by atoms with van der Waals surface area (Å²) in [5, 5.41) is 2.45. The van der Waals surface area contributed by atoms with Crippen LogP contribution in [0, 0.1) is 10.7 Å². The van der Waals surface area contributed by atoms with Crippen molar-refractivity contribution in [3.05, 3.63) is 47.5 Å². The molecule has 0 aliphatic heterocycles. The molecular formula is C18H19N3O2S3. The molecule has 3 heterocycles. The standard InChI is InChI=1S/C18H19N3O2S3/c1-3-10-7-12-16(26-10)19-18(24)21(17(12)23)20-15(22)13-8-25-14-6-9(2)4-5-11(13)14/h7-9H,3-6H2,1-2H3,(H,19,24)(H,20,22)/t9-/m1/s1. The van der Waals surface area contributed by atoms with Gasteiger partial charge >= 0.3 is 0 Å². The highest BCUT2D eigenvalue weighted by atomic mass is 32.1. The van der Waals surface area contributed by atoms with Crippen LogP contribution in [0.4, 0.5) is 0 Å². The number of nitrogens with one attached hydrogen (secondary N) is 2. The molecule has 0 aromatic carbocycles. The number of rotatable bonds is 3. The van der Waals surface area contributed by atoms with Crippen LogP contribution >= 0.6 is 34.9 Å². The molecule has 0 bridgehead atoms. The molecule has 0 saturated carbocycles. The first kappa shape index (κ1) is 17.6. The van der Waals surface area contributed by atoms with Crippen LogP contribution in [0.15, 0.2) is 16.2 Å². The van der Waals surface area contributed by atoms with Crippen molar-refractivity contribution in [1.29, 1.82) is 0 Å². The first-order valence-corrected chi connectivity index (χ1v) is 10.8. The van der Waals surface area contributed by atoms with E-state index >= 15 is 0 Å². The van der Waals surface area contributed by atoms with Gasteiger partial charge in [-0.1, -0.05) is 13.8 Å². The fraction of sp³-hybridized carbons (Fsp3) is 0.389. The van der Waals surface area contributed by atoms with Gasteiger partial charge in [-0.3, -0.25) is 15.0 Å². The molecular weight excluding hydrogens is 386 g/mol. The average Bonchev–Trinajstić information content (AvgIpc) is 3.21. The molecule has 0 radical (unpaired) electrons. The number of aryl methyl sites for hydroxylation is 1. The van der Waals surface area contributed by atoms with Crippen LogP contribution in [0.3, 0.4) is 0 Å². The molecule has 0 fully saturated rings. The third kappa shape index (κ3) is 2.95. The molecule has 1 aliphatic rings. The van der Waals surface area contributed by atoms with Crippen LogP contribution in [-0.2, 0) is 19.3 Å². The zero-order valence-corrected chi connectivity index (χ0v) is 17.0. The van der Waals surface area contributed by atoms with Crippen molar-refractivity contribution in [1.82, 2.24) is 9.66 Å². The maximum absolute atomic E-state index is 12.8. The SMILES string of the molecule is CCc1cc2c(=O)n(NC(=O)c3csc4c3CC[C@@H](C)C4)c(=S)[nH]c2s1. The van der Waals surface area contributed by atoms with Crippen LogP contribution in [0.25, 0.3) is 10.2 Å². The minimum absolute atomic E-state index is 0.207. The van der Waals surface area contributed by atoms with Crippen LogP contribution in [0.1, 0.15) is 45.9 Å². The van der Waals surface area contributed by atoms with E-state index in [1.54, 1.807) is 11.3 Å². The predicted octanol–water partition coefficient (Wildman–Crippen LogP) is 4.25. The highest BCUT2D eigenvalue weighted by molar-refractivity contribution is 7.71. The molecule has 3 aromatic rings. The Morgan fingerprint density at radius 2 is 2.31 bits per heavy atom. The van der Waals surface area contributed by atoms with Gasteiger partial charge in [0.2, 0.25) is 4.77 Å². The first-order valence-electron chi connectivity index (χ1n) is 8.66. The maximum atomic E-state index is 12.8. The number of aromatic amines is 1. The lowest BCUT2D eigenvalue weighted by atomic mass is 9.88. The van der Waals surface area contributed by atoms with Gasteiger partial charge in [-0.15, -0.1) is 22.7 Å². The van der Waals surface area contributed by atoms with Gasteiger partial charge in [0.15, 0.2) is 0 Å². The summed E-state index contributed by atoms with van der Waals surface area (Å²) in [5.74, 6) is 0.381. The van der Waals surface area contributed by atoms with Gasteiger partial charge < -0.3 is 4.98 Å². The van der Waals surface area contributed by atoms with Gasteiger partial charge in [0, 0.05) is 15.1 Å². The van der Waals surface area contributed by atoms with E-state index in [0.717, 1.165) is 45.6 Å². The summed E-state index contributed by atoms with van der Waals surface area (Å²) in [6.07, 6.45) is 3.87.